The first-order chi connectivity index (χ1) is 22.9. The van der Waals surface area contributed by atoms with Crippen LogP contribution in [0.5, 0.6) is 5.75 Å². The van der Waals surface area contributed by atoms with Crippen LogP contribution in [0, 0.1) is 22.0 Å². The molecular formula is C32H44N8O9. The van der Waals surface area contributed by atoms with Gasteiger partial charge >= 0.3 is 5.69 Å². The maximum atomic E-state index is 13.4. The van der Waals surface area contributed by atoms with Crippen LogP contribution in [-0.4, -0.2) is 76.2 Å². The van der Waals surface area contributed by atoms with E-state index < -0.39 is 88.4 Å². The van der Waals surface area contributed by atoms with E-state index in [0.717, 1.165) is 12.1 Å². The standard InChI is InChI=1S/C32H44N8O9/c1-16(2)12-23(31(46)37-22(28(34)43)13-19-10-11-25(41)24(14-19)40(48)49)38-32(47)27(17(3)4)39-26(42)15-35-29(44)18(5)36-30(45)20-8-6-7-9-21(20)33/h6-11,14,16-18,22-23,27,41H,12-13,15,33H2,1-5H3,(H2,34,43)(H,35,44)(H,36,45)(H,37,46)(H,38,47)(H,39,42)/t18-,22-,23-,27-/m0/s1. The number of hydrogen-bond donors (Lipinski definition) is 8. The molecule has 0 heterocycles. The normalized spacial score (nSPS) is 13.4. The van der Waals surface area contributed by atoms with Gasteiger partial charge in [-0.25, -0.2) is 0 Å². The van der Waals surface area contributed by atoms with Crippen molar-refractivity contribution >= 4 is 46.8 Å². The van der Waals surface area contributed by atoms with E-state index >= 15 is 0 Å². The Hall–Kier alpha value is -5.74. The molecule has 0 saturated carbocycles. The number of amides is 6. The summed E-state index contributed by atoms with van der Waals surface area (Å²) in [5.41, 5.74) is 11.4. The Kier molecular flexibility index (Phi) is 14.5. The Bertz CT molecular complexity index is 1560. The van der Waals surface area contributed by atoms with Crippen LogP contribution in [0.4, 0.5) is 11.4 Å². The second-order valence-electron chi connectivity index (χ2n) is 12.2. The van der Waals surface area contributed by atoms with Gasteiger partial charge in [-0.2, -0.15) is 0 Å². The highest BCUT2D eigenvalue weighted by Gasteiger charge is 2.31. The average molecular weight is 685 g/mol. The van der Waals surface area contributed by atoms with Crippen molar-refractivity contribution < 1.29 is 38.8 Å². The topological polar surface area (TPSA) is 278 Å². The summed E-state index contributed by atoms with van der Waals surface area (Å²) in [5, 5.41) is 33.5. The molecule has 0 saturated heterocycles. The summed E-state index contributed by atoms with van der Waals surface area (Å²) in [6, 6.07) is 5.17. The average Bonchev–Trinajstić information content (AvgIpc) is 3.01. The maximum Gasteiger partial charge on any atom is 0.310 e. The number of phenols is 1. The number of carbonyl (C=O) groups is 6. The number of anilines is 1. The number of nitrogens with two attached hydrogens (primary N) is 2. The van der Waals surface area contributed by atoms with Gasteiger partial charge in [-0.3, -0.25) is 38.9 Å². The molecule has 0 spiro atoms. The van der Waals surface area contributed by atoms with E-state index in [4.69, 9.17) is 11.5 Å². The monoisotopic (exact) mass is 684 g/mol. The van der Waals surface area contributed by atoms with E-state index in [2.05, 4.69) is 26.6 Å². The van der Waals surface area contributed by atoms with Crippen molar-refractivity contribution in [1.82, 2.24) is 26.6 Å². The summed E-state index contributed by atoms with van der Waals surface area (Å²) in [7, 11) is 0. The number of nitro benzene ring substituents is 1. The smallest absolute Gasteiger partial charge is 0.310 e. The first-order valence-electron chi connectivity index (χ1n) is 15.5. The Morgan fingerprint density at radius 3 is 2.06 bits per heavy atom. The number of rotatable bonds is 17. The van der Waals surface area contributed by atoms with E-state index in [1.165, 1.54) is 25.1 Å². The molecule has 17 nitrogen and oxygen atoms in total. The molecule has 17 heteroatoms. The summed E-state index contributed by atoms with van der Waals surface area (Å²) in [6.45, 7) is 7.83. The van der Waals surface area contributed by atoms with Gasteiger partial charge in [0.05, 0.1) is 17.0 Å². The lowest BCUT2D eigenvalue weighted by Gasteiger charge is -2.27. The van der Waals surface area contributed by atoms with E-state index in [0.29, 0.717) is 0 Å². The van der Waals surface area contributed by atoms with Crippen LogP contribution < -0.4 is 38.1 Å². The fraction of sp³-hybridized carbons (Fsp3) is 0.438. The van der Waals surface area contributed by atoms with Crippen LogP contribution in [-0.2, 0) is 30.4 Å². The van der Waals surface area contributed by atoms with Gasteiger partial charge in [0, 0.05) is 18.2 Å². The van der Waals surface area contributed by atoms with Gasteiger partial charge in [0.2, 0.25) is 29.5 Å². The molecule has 266 valence electrons. The van der Waals surface area contributed by atoms with Gasteiger partial charge in [-0.15, -0.1) is 0 Å². The number of primary amides is 1. The Labute approximate surface area is 283 Å². The third-order valence-electron chi connectivity index (χ3n) is 7.31. The van der Waals surface area contributed by atoms with E-state index in [1.807, 2.05) is 0 Å². The molecule has 2 rings (SSSR count). The predicted molar refractivity (Wildman–Crippen MR) is 179 cm³/mol. The molecule has 2 aromatic rings. The molecule has 0 aliphatic heterocycles. The number of hydrogen-bond acceptors (Lipinski definition) is 10. The zero-order valence-electron chi connectivity index (χ0n) is 27.9. The minimum absolute atomic E-state index is 0.106. The second kappa shape index (κ2) is 18.0. The van der Waals surface area contributed by atoms with Gasteiger partial charge < -0.3 is 43.2 Å². The molecule has 0 aliphatic rings. The third-order valence-corrected chi connectivity index (χ3v) is 7.31. The molecule has 0 fully saturated rings. The van der Waals surface area contributed by atoms with Crippen LogP contribution in [0.2, 0.25) is 0 Å². The number of benzene rings is 2. The SMILES string of the molecule is CC(C)C[C@H](NC(=O)[C@@H](NC(=O)CNC(=O)[C@H](C)NC(=O)c1ccccc1N)C(C)C)C(=O)N[C@@H](Cc1ccc(O)c([N+](=O)[O-])c1)C(N)=O. The lowest BCUT2D eigenvalue weighted by Crippen LogP contribution is -2.58. The lowest BCUT2D eigenvalue weighted by atomic mass is 9.99. The van der Waals surface area contributed by atoms with Crippen molar-refractivity contribution in [3.8, 4) is 5.75 Å². The van der Waals surface area contributed by atoms with Crippen LogP contribution in [0.3, 0.4) is 0 Å². The van der Waals surface area contributed by atoms with Crippen LogP contribution in [0.1, 0.15) is 57.0 Å². The number of phenolic OH excluding ortho intramolecular Hbond substituents is 1. The summed E-state index contributed by atoms with van der Waals surface area (Å²) in [6.07, 6.45) is -0.0929. The van der Waals surface area contributed by atoms with Gasteiger partial charge in [0.25, 0.3) is 5.91 Å². The fourth-order valence-electron chi connectivity index (χ4n) is 4.66. The summed E-state index contributed by atoms with van der Waals surface area (Å²) >= 11 is 0. The minimum atomic E-state index is -1.32. The molecule has 10 N–H and O–H groups in total. The highest BCUT2D eigenvalue weighted by molar-refractivity contribution is 6.01. The minimum Gasteiger partial charge on any atom is -0.502 e. The number of para-hydroxylation sites is 1. The number of nitro groups is 1. The first kappa shape index (κ1) is 39.4. The van der Waals surface area contributed by atoms with E-state index in [1.54, 1.807) is 39.8 Å². The molecule has 0 aromatic heterocycles. The van der Waals surface area contributed by atoms with Crippen molar-refractivity contribution in [2.24, 2.45) is 17.6 Å². The van der Waals surface area contributed by atoms with Crippen molar-refractivity contribution in [2.75, 3.05) is 12.3 Å². The molecule has 6 amide bonds. The zero-order valence-corrected chi connectivity index (χ0v) is 27.9. The highest BCUT2D eigenvalue weighted by atomic mass is 16.6. The number of nitrogens with one attached hydrogen (secondary N) is 5. The molecule has 0 unspecified atom stereocenters. The number of nitrogens with zero attached hydrogens (tertiary/aromatic N) is 1. The summed E-state index contributed by atoms with van der Waals surface area (Å²) in [4.78, 5) is 87.1. The van der Waals surface area contributed by atoms with E-state index in [9.17, 15) is 44.0 Å². The summed E-state index contributed by atoms with van der Waals surface area (Å²) < 4.78 is 0. The van der Waals surface area contributed by atoms with Crippen molar-refractivity contribution in [3.05, 3.63) is 63.7 Å². The largest absolute Gasteiger partial charge is 0.502 e. The molecule has 49 heavy (non-hydrogen) atoms. The number of aromatic hydroxyl groups is 1. The molecular weight excluding hydrogens is 640 g/mol. The fourth-order valence-corrected chi connectivity index (χ4v) is 4.66. The summed E-state index contributed by atoms with van der Waals surface area (Å²) in [5.74, 6) is -5.49. The van der Waals surface area contributed by atoms with E-state index in [-0.39, 0.29) is 35.6 Å². The maximum absolute atomic E-state index is 13.4. The molecule has 0 radical (unpaired) electrons. The lowest BCUT2D eigenvalue weighted by molar-refractivity contribution is -0.385. The van der Waals surface area contributed by atoms with Crippen molar-refractivity contribution in [1.29, 1.82) is 0 Å². The van der Waals surface area contributed by atoms with Crippen LogP contribution in [0.25, 0.3) is 0 Å². The van der Waals surface area contributed by atoms with Gasteiger partial charge in [0.15, 0.2) is 5.75 Å². The highest BCUT2D eigenvalue weighted by Crippen LogP contribution is 2.26. The van der Waals surface area contributed by atoms with Crippen LogP contribution in [0.15, 0.2) is 42.5 Å². The second-order valence-corrected chi connectivity index (χ2v) is 12.2. The third kappa shape index (κ3) is 12.1. The molecule has 2 aromatic carbocycles. The first-order valence-corrected chi connectivity index (χ1v) is 15.5. The Morgan fingerprint density at radius 1 is 0.857 bits per heavy atom. The number of carbonyl (C=O) groups excluding carboxylic acids is 6. The predicted octanol–water partition coefficient (Wildman–Crippen LogP) is 0.00160. The van der Waals surface area contributed by atoms with Gasteiger partial charge in [0.1, 0.15) is 24.2 Å². The molecule has 4 atom stereocenters. The molecule has 0 bridgehead atoms. The molecule has 0 aliphatic carbocycles. The van der Waals surface area contributed by atoms with Crippen molar-refractivity contribution in [3.63, 3.8) is 0 Å². The van der Waals surface area contributed by atoms with Crippen LogP contribution >= 0.6 is 0 Å². The van der Waals surface area contributed by atoms with Crippen molar-refractivity contribution in [2.45, 2.75) is 71.6 Å². The Balaban J connectivity index is 2.05. The van der Waals surface area contributed by atoms with Gasteiger partial charge in [-0.1, -0.05) is 45.9 Å². The van der Waals surface area contributed by atoms with Gasteiger partial charge in [-0.05, 0) is 48.9 Å². The Morgan fingerprint density at radius 2 is 1.49 bits per heavy atom. The zero-order chi connectivity index (χ0) is 37.0. The quantitative estimate of drug-likeness (QED) is 0.0627. The number of nitrogen functional groups attached to an aromatic ring is 1.